The molecule has 0 aromatic carbocycles. The van der Waals surface area contributed by atoms with Gasteiger partial charge in [-0.15, -0.1) is 0 Å². The highest BCUT2D eigenvalue weighted by Gasteiger charge is 2.19. The Hall–Kier alpha value is -3.67. The van der Waals surface area contributed by atoms with E-state index in [2.05, 4.69) is 118 Å². The molecule has 0 spiro atoms. The SMILES string of the molecule is CC\C=C/C=C\C=C/CCCCCCCC(=O)OCC(COC(=O)CCCCCCCCCCC/C=C\C/C=C\C/C=C\CC)OC(=O)CCCCCCCCCCCC/C=C\C=C/CCCCC. The molecule has 0 fully saturated rings. The number of allylic oxidation sites excluding steroid dienone is 16. The molecular formula is C63H106O6. The van der Waals surface area contributed by atoms with Crippen LogP contribution in [0.5, 0.6) is 0 Å². The van der Waals surface area contributed by atoms with Gasteiger partial charge in [0, 0.05) is 19.3 Å². The lowest BCUT2D eigenvalue weighted by atomic mass is 10.1. The number of carbonyl (C=O) groups excluding carboxylic acids is 3. The number of hydrogen-bond acceptors (Lipinski definition) is 6. The second-order valence-electron chi connectivity index (χ2n) is 18.9. The minimum Gasteiger partial charge on any atom is -0.462 e. The predicted octanol–water partition coefficient (Wildman–Crippen LogP) is 19.3. The van der Waals surface area contributed by atoms with Crippen molar-refractivity contribution in [3.8, 4) is 0 Å². The van der Waals surface area contributed by atoms with Crippen LogP contribution in [0.25, 0.3) is 0 Å². The fourth-order valence-electron chi connectivity index (χ4n) is 7.86. The van der Waals surface area contributed by atoms with Gasteiger partial charge in [-0.3, -0.25) is 14.4 Å². The fourth-order valence-corrected chi connectivity index (χ4v) is 7.86. The van der Waals surface area contributed by atoms with Crippen LogP contribution in [0.15, 0.2) is 97.2 Å². The molecule has 394 valence electrons. The summed E-state index contributed by atoms with van der Waals surface area (Å²) < 4.78 is 16.9. The lowest BCUT2D eigenvalue weighted by molar-refractivity contribution is -0.167. The Morgan fingerprint density at radius 1 is 0.319 bits per heavy atom. The van der Waals surface area contributed by atoms with Crippen LogP contribution in [0.4, 0.5) is 0 Å². The molecule has 6 nitrogen and oxygen atoms in total. The molecule has 0 aliphatic carbocycles. The highest BCUT2D eigenvalue weighted by molar-refractivity contribution is 5.71. The van der Waals surface area contributed by atoms with Crippen molar-refractivity contribution in [2.75, 3.05) is 13.2 Å². The van der Waals surface area contributed by atoms with E-state index in [1.54, 1.807) is 0 Å². The summed E-state index contributed by atoms with van der Waals surface area (Å²) in [4.78, 5) is 38.2. The third-order valence-corrected chi connectivity index (χ3v) is 12.1. The first-order chi connectivity index (χ1) is 34.0. The van der Waals surface area contributed by atoms with Crippen LogP contribution in [-0.4, -0.2) is 37.2 Å². The van der Waals surface area contributed by atoms with E-state index in [9.17, 15) is 14.4 Å². The van der Waals surface area contributed by atoms with Gasteiger partial charge < -0.3 is 14.2 Å². The number of hydrogen-bond donors (Lipinski definition) is 0. The van der Waals surface area contributed by atoms with E-state index in [-0.39, 0.29) is 31.1 Å². The van der Waals surface area contributed by atoms with E-state index >= 15 is 0 Å². The van der Waals surface area contributed by atoms with Gasteiger partial charge in [0.25, 0.3) is 0 Å². The number of unbranched alkanes of at least 4 members (excludes halogenated alkanes) is 27. The molecule has 0 bridgehead atoms. The minimum atomic E-state index is -0.791. The zero-order chi connectivity index (χ0) is 50.0. The molecule has 0 aliphatic heterocycles. The van der Waals surface area contributed by atoms with Gasteiger partial charge in [0.1, 0.15) is 13.2 Å². The largest absolute Gasteiger partial charge is 0.462 e. The Morgan fingerprint density at radius 2 is 0.638 bits per heavy atom. The Kier molecular flexibility index (Phi) is 53.9. The molecule has 0 aromatic rings. The lowest BCUT2D eigenvalue weighted by Gasteiger charge is -2.18. The van der Waals surface area contributed by atoms with E-state index in [0.29, 0.717) is 19.3 Å². The van der Waals surface area contributed by atoms with E-state index in [4.69, 9.17) is 14.2 Å². The highest BCUT2D eigenvalue weighted by Crippen LogP contribution is 2.15. The van der Waals surface area contributed by atoms with Gasteiger partial charge in [-0.1, -0.05) is 246 Å². The summed E-state index contributed by atoms with van der Waals surface area (Å²) in [5.74, 6) is -0.915. The normalized spacial score (nSPS) is 12.8. The van der Waals surface area contributed by atoms with Crippen LogP contribution in [0, 0.1) is 0 Å². The predicted molar refractivity (Wildman–Crippen MR) is 297 cm³/mol. The summed E-state index contributed by atoms with van der Waals surface area (Å²) in [7, 11) is 0. The van der Waals surface area contributed by atoms with Crippen molar-refractivity contribution in [1.82, 2.24) is 0 Å². The van der Waals surface area contributed by atoms with Crippen molar-refractivity contribution in [1.29, 1.82) is 0 Å². The van der Waals surface area contributed by atoms with Crippen LogP contribution in [0.2, 0.25) is 0 Å². The van der Waals surface area contributed by atoms with Crippen molar-refractivity contribution >= 4 is 17.9 Å². The molecule has 0 rings (SSSR count). The Bertz CT molecular complexity index is 1380. The zero-order valence-electron chi connectivity index (χ0n) is 45.0. The average molecular weight is 960 g/mol. The summed E-state index contributed by atoms with van der Waals surface area (Å²) in [5, 5.41) is 0. The van der Waals surface area contributed by atoms with Gasteiger partial charge in [0.2, 0.25) is 0 Å². The van der Waals surface area contributed by atoms with Gasteiger partial charge in [0.15, 0.2) is 6.10 Å². The maximum atomic E-state index is 12.9. The maximum absolute atomic E-state index is 12.9. The second-order valence-corrected chi connectivity index (χ2v) is 18.9. The van der Waals surface area contributed by atoms with Crippen LogP contribution >= 0.6 is 0 Å². The molecule has 0 saturated heterocycles. The van der Waals surface area contributed by atoms with Crippen molar-refractivity contribution < 1.29 is 28.6 Å². The smallest absolute Gasteiger partial charge is 0.306 e. The lowest BCUT2D eigenvalue weighted by Crippen LogP contribution is -2.30. The molecule has 6 heteroatoms. The van der Waals surface area contributed by atoms with Gasteiger partial charge in [0.05, 0.1) is 0 Å². The molecule has 0 radical (unpaired) electrons. The number of esters is 3. The van der Waals surface area contributed by atoms with E-state index < -0.39 is 6.10 Å². The standard InChI is InChI=1S/C63H106O6/c1-4-7-10-13-16-19-22-25-27-29-31-33-35-38-41-44-47-50-53-56-62(65)68-59-60(58-67-61(64)55-52-49-46-43-40-37-24-21-18-15-12-9-6-3)69-63(66)57-54-51-48-45-42-39-36-34-32-30-28-26-23-20-17-14-11-8-5-2/h7,9-10,12,15-21,23-27,60H,4-6,8,11,13-14,22,28-59H2,1-3H3/b10-7-,12-9-,18-15-,19-16-,20-17-,24-21-,26-23-,27-25-. The Morgan fingerprint density at radius 3 is 1.06 bits per heavy atom. The second kappa shape index (κ2) is 56.9. The van der Waals surface area contributed by atoms with Gasteiger partial charge in [-0.2, -0.15) is 0 Å². The summed E-state index contributed by atoms with van der Waals surface area (Å²) in [5.41, 5.74) is 0. The maximum Gasteiger partial charge on any atom is 0.306 e. The average Bonchev–Trinajstić information content (AvgIpc) is 3.35. The fraction of sp³-hybridized carbons (Fsp3) is 0.698. The van der Waals surface area contributed by atoms with Crippen LogP contribution in [0.1, 0.15) is 265 Å². The first-order valence-electron chi connectivity index (χ1n) is 28.8. The molecule has 0 aliphatic rings. The van der Waals surface area contributed by atoms with E-state index in [1.807, 2.05) is 0 Å². The van der Waals surface area contributed by atoms with Crippen LogP contribution in [-0.2, 0) is 28.6 Å². The molecule has 0 amide bonds. The van der Waals surface area contributed by atoms with Gasteiger partial charge >= 0.3 is 17.9 Å². The number of ether oxygens (including phenoxy) is 3. The topological polar surface area (TPSA) is 78.9 Å². The minimum absolute atomic E-state index is 0.0887. The number of rotatable bonds is 51. The molecule has 1 atom stereocenters. The quantitative estimate of drug-likeness (QED) is 0.0199. The van der Waals surface area contributed by atoms with Crippen molar-refractivity contribution in [3.63, 3.8) is 0 Å². The highest BCUT2D eigenvalue weighted by atomic mass is 16.6. The van der Waals surface area contributed by atoms with E-state index in [0.717, 1.165) is 103 Å². The number of carbonyl (C=O) groups is 3. The molecule has 0 saturated carbocycles. The van der Waals surface area contributed by atoms with Crippen molar-refractivity contribution in [2.24, 2.45) is 0 Å². The molecule has 1 unspecified atom stereocenters. The first-order valence-corrected chi connectivity index (χ1v) is 28.8. The summed E-state index contributed by atoms with van der Waals surface area (Å²) in [6.07, 6.45) is 75.4. The summed E-state index contributed by atoms with van der Waals surface area (Å²) >= 11 is 0. The Balaban J connectivity index is 4.39. The molecule has 0 heterocycles. The summed E-state index contributed by atoms with van der Waals surface area (Å²) in [6, 6.07) is 0. The molecule has 0 aromatic heterocycles. The Labute approximate surface area is 426 Å². The van der Waals surface area contributed by atoms with Crippen LogP contribution < -0.4 is 0 Å². The van der Waals surface area contributed by atoms with Gasteiger partial charge in [-0.25, -0.2) is 0 Å². The van der Waals surface area contributed by atoms with Crippen molar-refractivity contribution in [2.45, 2.75) is 271 Å². The molecule has 0 N–H and O–H groups in total. The third kappa shape index (κ3) is 55.1. The monoisotopic (exact) mass is 959 g/mol. The zero-order valence-corrected chi connectivity index (χ0v) is 45.0. The molecular weight excluding hydrogens is 853 g/mol. The third-order valence-electron chi connectivity index (χ3n) is 12.1. The first kappa shape index (κ1) is 65.3. The van der Waals surface area contributed by atoms with E-state index in [1.165, 1.54) is 122 Å². The summed E-state index contributed by atoms with van der Waals surface area (Å²) in [6.45, 7) is 6.36. The van der Waals surface area contributed by atoms with Crippen molar-refractivity contribution in [3.05, 3.63) is 97.2 Å². The van der Waals surface area contributed by atoms with Gasteiger partial charge in [-0.05, 0) is 96.3 Å². The molecule has 69 heavy (non-hydrogen) atoms. The van der Waals surface area contributed by atoms with Crippen LogP contribution in [0.3, 0.4) is 0 Å².